The monoisotopic (exact) mass is 246 g/mol. The fraction of sp³-hybridized carbons (Fsp3) is 0.600. The molecule has 1 aromatic rings. The highest BCUT2D eigenvalue weighted by molar-refractivity contribution is 8.06. The van der Waals surface area contributed by atoms with E-state index in [1.807, 2.05) is 23.5 Å². The van der Waals surface area contributed by atoms with Crippen LogP contribution in [0.5, 0.6) is 0 Å². The summed E-state index contributed by atoms with van der Waals surface area (Å²) in [4.78, 5) is 0. The third-order valence-electron chi connectivity index (χ3n) is 2.30. The number of rotatable bonds is 3. The molecule has 1 aromatic heterocycles. The van der Waals surface area contributed by atoms with Crippen LogP contribution in [0.4, 0.5) is 0 Å². The van der Waals surface area contributed by atoms with Gasteiger partial charge < -0.3 is 5.11 Å². The first kappa shape index (κ1) is 10.9. The average molecular weight is 246 g/mol. The van der Waals surface area contributed by atoms with Crippen LogP contribution in [-0.2, 0) is 6.42 Å². The van der Waals surface area contributed by atoms with Crippen LogP contribution in [0.25, 0.3) is 0 Å². The maximum atomic E-state index is 10.0. The lowest BCUT2D eigenvalue weighted by Gasteiger charge is -2.25. The van der Waals surface area contributed by atoms with E-state index in [0.717, 1.165) is 12.2 Å². The summed E-state index contributed by atoms with van der Waals surface area (Å²) in [5.41, 5.74) is 1.28. The van der Waals surface area contributed by atoms with Gasteiger partial charge in [-0.25, -0.2) is 0 Å². The fourth-order valence-electron chi connectivity index (χ4n) is 1.51. The fourth-order valence-corrected chi connectivity index (χ4v) is 4.96. The molecule has 78 valence electrons. The molecule has 2 heterocycles. The Morgan fingerprint density at radius 2 is 2.43 bits per heavy atom. The quantitative estimate of drug-likeness (QED) is 0.885. The normalized spacial score (nSPS) is 24.8. The Morgan fingerprint density at radius 3 is 3.07 bits per heavy atom. The van der Waals surface area contributed by atoms with Crippen molar-refractivity contribution in [1.29, 1.82) is 0 Å². The lowest BCUT2D eigenvalue weighted by Crippen LogP contribution is -2.30. The second-order valence-corrected chi connectivity index (χ2v) is 6.66. The van der Waals surface area contributed by atoms with Gasteiger partial charge in [-0.05, 0) is 22.4 Å². The van der Waals surface area contributed by atoms with E-state index in [-0.39, 0.29) is 6.10 Å². The molecule has 14 heavy (non-hydrogen) atoms. The van der Waals surface area contributed by atoms with E-state index >= 15 is 0 Å². The molecule has 1 nitrogen and oxygen atoms in total. The van der Waals surface area contributed by atoms with Gasteiger partial charge in [-0.2, -0.15) is 34.9 Å². The zero-order chi connectivity index (χ0) is 9.80. The summed E-state index contributed by atoms with van der Waals surface area (Å²) >= 11 is 5.60. The van der Waals surface area contributed by atoms with Crippen molar-refractivity contribution in [3.05, 3.63) is 22.4 Å². The van der Waals surface area contributed by atoms with Gasteiger partial charge in [0.2, 0.25) is 0 Å². The van der Waals surface area contributed by atoms with Gasteiger partial charge in [-0.1, -0.05) is 0 Å². The van der Waals surface area contributed by atoms with E-state index in [1.165, 1.54) is 17.1 Å². The molecule has 0 radical (unpaired) electrons. The number of thiophene rings is 1. The van der Waals surface area contributed by atoms with Crippen LogP contribution in [0.1, 0.15) is 5.56 Å². The summed E-state index contributed by atoms with van der Waals surface area (Å²) in [5, 5.41) is 14.7. The Labute approximate surface area is 97.3 Å². The third-order valence-corrected chi connectivity index (χ3v) is 5.93. The van der Waals surface area contributed by atoms with Crippen molar-refractivity contribution in [1.82, 2.24) is 0 Å². The van der Waals surface area contributed by atoms with Crippen LogP contribution < -0.4 is 0 Å². The van der Waals surface area contributed by atoms with E-state index < -0.39 is 0 Å². The molecular weight excluding hydrogens is 232 g/mol. The van der Waals surface area contributed by atoms with Crippen molar-refractivity contribution in [2.75, 3.05) is 17.3 Å². The summed E-state index contributed by atoms with van der Waals surface area (Å²) in [5.74, 6) is 3.54. The average Bonchev–Trinajstić information content (AvgIpc) is 2.72. The number of hydrogen-bond donors (Lipinski definition) is 1. The minimum Gasteiger partial charge on any atom is -0.392 e. The first-order valence-corrected chi connectivity index (χ1v) is 7.89. The minimum atomic E-state index is -0.164. The molecule has 0 amide bonds. The van der Waals surface area contributed by atoms with Crippen molar-refractivity contribution < 1.29 is 5.11 Å². The Balaban J connectivity index is 1.85. The maximum Gasteiger partial charge on any atom is 0.0707 e. The molecule has 2 rings (SSSR count). The number of thioether (sulfide) groups is 2. The Hall–Kier alpha value is 0.360. The lowest BCUT2D eigenvalue weighted by atomic mass is 10.1. The summed E-state index contributed by atoms with van der Waals surface area (Å²) in [6.45, 7) is 0. The second kappa shape index (κ2) is 5.45. The predicted octanol–water partition coefficient (Wildman–Crippen LogP) is 2.50. The molecule has 1 N–H and O–H groups in total. The Morgan fingerprint density at radius 1 is 1.50 bits per heavy atom. The van der Waals surface area contributed by atoms with Gasteiger partial charge in [0, 0.05) is 28.9 Å². The molecule has 2 unspecified atom stereocenters. The van der Waals surface area contributed by atoms with Crippen LogP contribution in [0.15, 0.2) is 16.8 Å². The van der Waals surface area contributed by atoms with Crippen molar-refractivity contribution in [2.45, 2.75) is 17.8 Å². The molecule has 0 aromatic carbocycles. The van der Waals surface area contributed by atoms with Crippen molar-refractivity contribution in [3.63, 3.8) is 0 Å². The van der Waals surface area contributed by atoms with Gasteiger partial charge in [0.1, 0.15) is 0 Å². The molecule has 2 atom stereocenters. The van der Waals surface area contributed by atoms with Gasteiger partial charge in [0.15, 0.2) is 0 Å². The van der Waals surface area contributed by atoms with Crippen molar-refractivity contribution in [3.8, 4) is 0 Å². The summed E-state index contributed by atoms with van der Waals surface area (Å²) in [7, 11) is 0. The largest absolute Gasteiger partial charge is 0.392 e. The van der Waals surface area contributed by atoms with E-state index in [0.29, 0.717) is 5.25 Å². The highest BCUT2D eigenvalue weighted by Gasteiger charge is 2.22. The smallest absolute Gasteiger partial charge is 0.0707 e. The molecule has 0 bridgehead atoms. The zero-order valence-corrected chi connectivity index (χ0v) is 10.3. The Bertz CT molecular complexity index is 254. The SMILES string of the molecule is OC(Cc1ccsc1)C1CSCCS1. The standard InChI is InChI=1S/C10H14OS3/c11-9(5-8-1-2-12-6-8)10-7-13-3-4-14-10/h1-2,6,9-11H,3-5,7H2. The minimum absolute atomic E-state index is 0.164. The van der Waals surface area contributed by atoms with Crippen LogP contribution in [-0.4, -0.2) is 33.7 Å². The molecule has 0 aliphatic carbocycles. The number of aliphatic hydroxyl groups is 1. The first-order chi connectivity index (χ1) is 6.86. The number of aliphatic hydroxyl groups excluding tert-OH is 1. The van der Waals surface area contributed by atoms with Gasteiger partial charge >= 0.3 is 0 Å². The van der Waals surface area contributed by atoms with Crippen LogP contribution >= 0.6 is 34.9 Å². The van der Waals surface area contributed by atoms with Crippen LogP contribution in [0.3, 0.4) is 0 Å². The molecule has 1 aliphatic heterocycles. The molecule has 1 fully saturated rings. The van der Waals surface area contributed by atoms with Crippen molar-refractivity contribution in [2.24, 2.45) is 0 Å². The topological polar surface area (TPSA) is 20.2 Å². The molecular formula is C10H14OS3. The first-order valence-electron chi connectivity index (χ1n) is 4.75. The van der Waals surface area contributed by atoms with Crippen LogP contribution in [0.2, 0.25) is 0 Å². The molecule has 4 heteroatoms. The van der Waals surface area contributed by atoms with E-state index in [1.54, 1.807) is 11.3 Å². The zero-order valence-electron chi connectivity index (χ0n) is 7.89. The summed E-state index contributed by atoms with van der Waals surface area (Å²) in [6, 6.07) is 2.11. The molecule has 1 aliphatic rings. The van der Waals surface area contributed by atoms with E-state index in [2.05, 4.69) is 16.8 Å². The highest BCUT2D eigenvalue weighted by atomic mass is 32.2. The third kappa shape index (κ3) is 2.92. The van der Waals surface area contributed by atoms with E-state index in [4.69, 9.17) is 0 Å². The molecule has 0 spiro atoms. The number of hydrogen-bond acceptors (Lipinski definition) is 4. The molecule has 0 saturated carbocycles. The van der Waals surface area contributed by atoms with Gasteiger partial charge in [0.25, 0.3) is 0 Å². The highest BCUT2D eigenvalue weighted by Crippen LogP contribution is 2.27. The van der Waals surface area contributed by atoms with Gasteiger partial charge in [0.05, 0.1) is 6.10 Å². The van der Waals surface area contributed by atoms with E-state index in [9.17, 15) is 5.11 Å². The molecule has 1 saturated heterocycles. The summed E-state index contributed by atoms with van der Waals surface area (Å²) in [6.07, 6.45) is 0.657. The lowest BCUT2D eigenvalue weighted by molar-refractivity contribution is 0.177. The van der Waals surface area contributed by atoms with Crippen molar-refractivity contribution >= 4 is 34.9 Å². The maximum absolute atomic E-state index is 10.0. The predicted molar refractivity (Wildman–Crippen MR) is 67.6 cm³/mol. The second-order valence-electron chi connectivity index (χ2n) is 3.39. The van der Waals surface area contributed by atoms with Crippen LogP contribution in [0, 0.1) is 0 Å². The Kier molecular flexibility index (Phi) is 4.23. The van der Waals surface area contributed by atoms with Gasteiger partial charge in [-0.15, -0.1) is 0 Å². The van der Waals surface area contributed by atoms with Gasteiger partial charge in [-0.3, -0.25) is 0 Å². The summed E-state index contributed by atoms with van der Waals surface area (Å²) < 4.78 is 0.